The van der Waals surface area contributed by atoms with Crippen molar-refractivity contribution in [1.82, 2.24) is 0 Å². The van der Waals surface area contributed by atoms with Crippen molar-refractivity contribution >= 4 is 110 Å². The molecule has 422 valence electrons. The summed E-state index contributed by atoms with van der Waals surface area (Å²) in [5.74, 6) is 0. The van der Waals surface area contributed by atoms with Crippen LogP contribution in [0.4, 0.5) is 34.1 Å². The van der Waals surface area contributed by atoms with E-state index in [2.05, 4.69) is 303 Å². The molecule has 0 aliphatic rings. The highest BCUT2D eigenvalue weighted by Crippen LogP contribution is 2.53. The number of para-hydroxylation sites is 4. The molecule has 0 saturated heterocycles. The number of benzene rings is 14. The van der Waals surface area contributed by atoms with E-state index in [1.54, 1.807) is 0 Å². The van der Waals surface area contributed by atoms with Gasteiger partial charge in [0.25, 0.3) is 0 Å². The van der Waals surface area contributed by atoms with Crippen LogP contribution in [0.1, 0.15) is 50.7 Å². The quantitative estimate of drug-likeness (QED) is 0.0903. The van der Waals surface area contributed by atoms with Crippen molar-refractivity contribution < 1.29 is 8.83 Å². The van der Waals surface area contributed by atoms with Crippen LogP contribution in [0.2, 0.25) is 0 Å². The number of furan rings is 2. The Balaban J connectivity index is 0.977. The summed E-state index contributed by atoms with van der Waals surface area (Å²) in [6.07, 6.45) is 6.32. The van der Waals surface area contributed by atoms with E-state index in [-0.39, 0.29) is 0 Å². The van der Waals surface area contributed by atoms with E-state index < -0.39 is 0 Å². The summed E-state index contributed by atoms with van der Waals surface area (Å²) in [7, 11) is 0. The SMILES string of the molecule is CCCCc1cccc2c1oc1c(N(c3ccc(-c4ccccc4)cc3-c3ccccc3)c3ccc4ccc5c(N(c6ccc(-c7ccccc7)cc6-c6ccccc6)c6cccc7c6oc6c(CCCC)cccc67)ccc6ccc3c4c65)cccc12. The molecule has 0 fully saturated rings. The van der Waals surface area contributed by atoms with E-state index in [0.717, 1.165) is 161 Å². The van der Waals surface area contributed by atoms with Crippen LogP contribution in [-0.2, 0) is 12.8 Å². The molecule has 0 bridgehead atoms. The zero-order valence-electron chi connectivity index (χ0n) is 49.5. The van der Waals surface area contributed by atoms with E-state index in [0.29, 0.717) is 0 Å². The van der Waals surface area contributed by atoms with Crippen molar-refractivity contribution in [2.24, 2.45) is 0 Å². The van der Waals surface area contributed by atoms with E-state index in [1.165, 1.54) is 43.8 Å². The average molecular weight is 1130 g/mol. The monoisotopic (exact) mass is 1130 g/mol. The van der Waals surface area contributed by atoms with Crippen molar-refractivity contribution in [3.63, 3.8) is 0 Å². The Morgan fingerprint density at radius 3 is 1.01 bits per heavy atom. The normalized spacial score (nSPS) is 11.8. The van der Waals surface area contributed by atoms with Crippen LogP contribution >= 0.6 is 0 Å². The number of nitrogens with zero attached hydrogens (tertiary/aromatic N) is 2. The van der Waals surface area contributed by atoms with Crippen molar-refractivity contribution in [3.05, 3.63) is 290 Å². The van der Waals surface area contributed by atoms with E-state index >= 15 is 0 Å². The zero-order chi connectivity index (χ0) is 58.7. The minimum atomic E-state index is 0.862. The number of hydrogen-bond donors (Lipinski definition) is 0. The molecule has 16 aromatic rings. The van der Waals surface area contributed by atoms with Gasteiger partial charge in [-0.25, -0.2) is 0 Å². The molecule has 14 aromatic carbocycles. The predicted octanol–water partition coefficient (Wildman–Crippen LogP) is 24.7. The maximum atomic E-state index is 7.32. The topological polar surface area (TPSA) is 32.8 Å². The fourth-order valence-corrected chi connectivity index (χ4v) is 13.9. The first-order valence-electron chi connectivity index (χ1n) is 31.3. The standard InChI is InChI=1S/C84H64N2O2/c1-3-5-23-61-33-19-35-65-67-37-21-39-77(83(67)87-81(61)65)85(75-51-45-63(55-25-11-7-12-26-55)53-71(75)57-29-15-9-16-30-57)73-49-43-59-42-48-70-74(50-44-60-41-47-69(73)79(59)80(60)70)86(78-40-22-38-68-66-36-20-34-62(24-6-4-2)82(66)88-84(68)78)76-52-46-64(56-27-13-8-14-28-56)54-72(76)58-31-17-10-18-32-58/h7-22,25-54H,3-6,23-24H2,1-2H3. The summed E-state index contributed by atoms with van der Waals surface area (Å²) in [6.45, 7) is 4.52. The summed E-state index contributed by atoms with van der Waals surface area (Å²) >= 11 is 0. The highest BCUT2D eigenvalue weighted by molar-refractivity contribution is 6.29. The Hall–Kier alpha value is -10.7. The minimum Gasteiger partial charge on any atom is -0.454 e. The predicted molar refractivity (Wildman–Crippen MR) is 373 cm³/mol. The molecular weight excluding hydrogens is 1070 g/mol. The number of hydrogen-bond acceptors (Lipinski definition) is 4. The summed E-state index contributed by atoms with van der Waals surface area (Å²) in [5.41, 5.74) is 21.5. The van der Waals surface area contributed by atoms with Crippen LogP contribution in [0, 0.1) is 0 Å². The van der Waals surface area contributed by atoms with E-state index in [9.17, 15) is 0 Å². The molecule has 0 atom stereocenters. The van der Waals surface area contributed by atoms with Crippen LogP contribution in [-0.4, -0.2) is 0 Å². The molecule has 0 saturated carbocycles. The molecule has 0 N–H and O–H groups in total. The maximum absolute atomic E-state index is 7.32. The second-order valence-electron chi connectivity index (χ2n) is 23.5. The van der Waals surface area contributed by atoms with Crippen molar-refractivity contribution in [2.75, 3.05) is 9.80 Å². The van der Waals surface area contributed by atoms with E-state index in [4.69, 9.17) is 8.83 Å². The van der Waals surface area contributed by atoms with Gasteiger partial charge in [0.2, 0.25) is 0 Å². The third-order valence-corrected chi connectivity index (χ3v) is 18.2. The third kappa shape index (κ3) is 8.97. The fraction of sp³-hybridized carbons (Fsp3) is 0.0952. The lowest BCUT2D eigenvalue weighted by Crippen LogP contribution is -2.13. The molecule has 0 radical (unpaired) electrons. The lowest BCUT2D eigenvalue weighted by molar-refractivity contribution is 0.658. The fourth-order valence-electron chi connectivity index (χ4n) is 13.9. The van der Waals surface area contributed by atoms with E-state index in [1.807, 2.05) is 0 Å². The molecule has 16 rings (SSSR count). The first-order valence-corrected chi connectivity index (χ1v) is 31.3. The van der Waals surface area contributed by atoms with Gasteiger partial charge in [-0.3, -0.25) is 0 Å². The summed E-state index contributed by atoms with van der Waals surface area (Å²) in [4.78, 5) is 4.98. The Morgan fingerprint density at radius 1 is 0.261 bits per heavy atom. The number of fused-ring (bicyclic) bond motifs is 6. The molecule has 4 heteroatoms. The molecule has 0 unspecified atom stereocenters. The van der Waals surface area contributed by atoms with Gasteiger partial charge in [-0.2, -0.15) is 0 Å². The molecule has 0 aliphatic heterocycles. The number of aryl methyl sites for hydroxylation is 2. The first kappa shape index (κ1) is 52.8. The second kappa shape index (κ2) is 22.3. The summed E-state index contributed by atoms with van der Waals surface area (Å²) in [6, 6.07) is 103. The van der Waals surface area contributed by atoms with Crippen molar-refractivity contribution in [2.45, 2.75) is 52.4 Å². The molecular formula is C84H64N2O2. The second-order valence-corrected chi connectivity index (χ2v) is 23.5. The van der Waals surface area contributed by atoms with Gasteiger partial charge in [-0.05, 0) is 140 Å². The molecule has 2 heterocycles. The van der Waals surface area contributed by atoms with Crippen LogP contribution < -0.4 is 9.80 Å². The Morgan fingerprint density at radius 2 is 0.614 bits per heavy atom. The molecule has 88 heavy (non-hydrogen) atoms. The van der Waals surface area contributed by atoms with Gasteiger partial charge in [-0.1, -0.05) is 257 Å². The minimum absolute atomic E-state index is 0.862. The summed E-state index contributed by atoms with van der Waals surface area (Å²) in [5, 5.41) is 11.5. The van der Waals surface area contributed by atoms with Gasteiger partial charge in [0.15, 0.2) is 11.2 Å². The lowest BCUT2D eigenvalue weighted by atomic mass is 9.90. The summed E-state index contributed by atoms with van der Waals surface area (Å²) < 4.78 is 14.6. The lowest BCUT2D eigenvalue weighted by Gasteiger charge is -2.31. The first-order chi connectivity index (χ1) is 43.6. The highest BCUT2D eigenvalue weighted by Gasteiger charge is 2.29. The Bertz CT molecular complexity index is 4910. The largest absolute Gasteiger partial charge is 0.454 e. The average Bonchev–Trinajstić information content (AvgIpc) is 1.33. The van der Waals surface area contributed by atoms with Gasteiger partial charge in [0.05, 0.1) is 34.1 Å². The third-order valence-electron chi connectivity index (χ3n) is 18.2. The molecule has 2 aromatic heterocycles. The Labute approximate surface area is 513 Å². The van der Waals surface area contributed by atoms with Crippen LogP contribution in [0.15, 0.2) is 288 Å². The van der Waals surface area contributed by atoms with Gasteiger partial charge in [0.1, 0.15) is 11.2 Å². The smallest absolute Gasteiger partial charge is 0.159 e. The molecule has 0 amide bonds. The van der Waals surface area contributed by atoms with Crippen molar-refractivity contribution in [3.8, 4) is 44.5 Å². The zero-order valence-corrected chi connectivity index (χ0v) is 49.5. The van der Waals surface area contributed by atoms with Crippen LogP contribution in [0.25, 0.3) is 121 Å². The number of anilines is 6. The maximum Gasteiger partial charge on any atom is 0.159 e. The van der Waals surface area contributed by atoms with Crippen molar-refractivity contribution in [1.29, 1.82) is 0 Å². The molecule has 0 spiro atoms. The Kier molecular flexibility index (Phi) is 13.4. The number of unbranched alkanes of at least 4 members (excludes halogenated alkanes) is 2. The van der Waals surface area contributed by atoms with Gasteiger partial charge in [-0.15, -0.1) is 0 Å². The van der Waals surface area contributed by atoms with Gasteiger partial charge >= 0.3 is 0 Å². The van der Waals surface area contributed by atoms with Crippen LogP contribution in [0.3, 0.4) is 0 Å². The van der Waals surface area contributed by atoms with Crippen LogP contribution in [0.5, 0.6) is 0 Å². The molecule has 4 nitrogen and oxygen atoms in total. The van der Waals surface area contributed by atoms with Gasteiger partial charge < -0.3 is 18.6 Å². The molecule has 0 aliphatic carbocycles. The van der Waals surface area contributed by atoms with Gasteiger partial charge in [0, 0.05) is 43.4 Å². The highest BCUT2D eigenvalue weighted by atomic mass is 16.3. The number of rotatable bonds is 16.